The summed E-state index contributed by atoms with van der Waals surface area (Å²) in [7, 11) is 0. The highest BCUT2D eigenvalue weighted by molar-refractivity contribution is 7.17. The van der Waals surface area contributed by atoms with Crippen molar-refractivity contribution in [2.24, 2.45) is 0 Å². The largest absolute Gasteiger partial charge is 0.503 e. The van der Waals surface area contributed by atoms with E-state index in [1.54, 1.807) is 31.2 Å². The Hall–Kier alpha value is -4.70. The van der Waals surface area contributed by atoms with Crippen molar-refractivity contribution in [3.63, 3.8) is 0 Å². The first-order valence-electron chi connectivity index (χ1n) is 14.0. The first-order valence-corrected chi connectivity index (χ1v) is 14.8. The topological polar surface area (TPSA) is 115 Å². The summed E-state index contributed by atoms with van der Waals surface area (Å²) in [6.07, 6.45) is 6.21. The van der Waals surface area contributed by atoms with Crippen LogP contribution in [0, 0.1) is 6.92 Å². The molecule has 0 aliphatic carbocycles. The smallest absolute Gasteiger partial charge is 0.350 e. The molecule has 1 N–H and O–H groups in total. The minimum absolute atomic E-state index is 0.0123. The Morgan fingerprint density at radius 1 is 1.12 bits per heavy atom. The number of rotatable bonds is 14. The number of benzene rings is 2. The highest BCUT2D eigenvalue weighted by Crippen LogP contribution is 2.45. The molecule has 0 saturated carbocycles. The van der Waals surface area contributed by atoms with E-state index in [1.807, 2.05) is 37.3 Å². The summed E-state index contributed by atoms with van der Waals surface area (Å²) in [6.45, 7) is 9.95. The van der Waals surface area contributed by atoms with Gasteiger partial charge in [-0.1, -0.05) is 79.8 Å². The number of esters is 1. The quantitative estimate of drug-likeness (QED) is 0.0956. The van der Waals surface area contributed by atoms with Gasteiger partial charge >= 0.3 is 5.97 Å². The number of aliphatic hydroxyl groups excluding tert-OH is 1. The van der Waals surface area contributed by atoms with Crippen molar-refractivity contribution in [2.45, 2.75) is 39.7 Å². The summed E-state index contributed by atoms with van der Waals surface area (Å²) in [5.74, 6) is -1.72. The molecule has 1 atom stereocenters. The third kappa shape index (κ3) is 7.03. The molecule has 43 heavy (non-hydrogen) atoms. The van der Waals surface area contributed by atoms with Crippen LogP contribution in [0.1, 0.15) is 59.2 Å². The van der Waals surface area contributed by atoms with Crippen LogP contribution in [0.4, 0.5) is 5.13 Å². The number of carbonyl (C=O) groups excluding carboxylic acids is 3. The predicted molar refractivity (Wildman–Crippen MR) is 166 cm³/mol. The molecule has 0 radical (unpaired) electrons. The summed E-state index contributed by atoms with van der Waals surface area (Å²) in [4.78, 5) is 45.8. The minimum atomic E-state index is -1.06. The van der Waals surface area contributed by atoms with Gasteiger partial charge in [-0.15, -0.1) is 0 Å². The summed E-state index contributed by atoms with van der Waals surface area (Å²) < 4.78 is 17.0. The highest BCUT2D eigenvalue weighted by atomic mass is 32.1. The summed E-state index contributed by atoms with van der Waals surface area (Å²) in [6, 6.07) is 13.3. The Morgan fingerprint density at radius 3 is 2.58 bits per heavy atom. The van der Waals surface area contributed by atoms with Gasteiger partial charge in [0.05, 0.1) is 30.5 Å². The zero-order valence-electron chi connectivity index (χ0n) is 24.4. The molecule has 0 bridgehead atoms. The third-order valence-electron chi connectivity index (χ3n) is 6.55. The van der Waals surface area contributed by atoms with Crippen LogP contribution in [-0.4, -0.2) is 47.6 Å². The first kappa shape index (κ1) is 31.2. The van der Waals surface area contributed by atoms with Crippen molar-refractivity contribution >= 4 is 40.2 Å². The first-order chi connectivity index (χ1) is 20.8. The van der Waals surface area contributed by atoms with E-state index in [1.165, 1.54) is 17.1 Å². The summed E-state index contributed by atoms with van der Waals surface area (Å²) in [5.41, 5.74) is 1.49. The van der Waals surface area contributed by atoms with Crippen LogP contribution in [-0.2, 0) is 14.3 Å². The lowest BCUT2D eigenvalue weighted by molar-refractivity contribution is -0.117. The van der Waals surface area contributed by atoms with Crippen molar-refractivity contribution in [3.8, 4) is 11.5 Å². The van der Waals surface area contributed by atoms with Crippen LogP contribution in [0.15, 0.2) is 78.6 Å². The molecule has 1 aliphatic rings. The number of ether oxygens (including phenoxy) is 3. The monoisotopic (exact) mass is 602 g/mol. The number of hydrogen-bond donors (Lipinski definition) is 1. The molecule has 1 unspecified atom stereocenters. The average molecular weight is 603 g/mol. The Labute approximate surface area is 254 Å². The Balaban J connectivity index is 1.81. The number of ketones is 1. The lowest BCUT2D eigenvalue weighted by Crippen LogP contribution is -2.31. The number of aliphatic hydroxyl groups is 1. The number of aryl methyl sites for hydroxylation is 1. The SMILES string of the molecule is C=CCOC(=O)c1sc(N2C(=O)C(O)=C(C(=O)/C=C/c3ccccc3)C2c2ccc(OCCCC)c(OCC)c2)nc1C. The Kier molecular flexibility index (Phi) is 10.5. The molecule has 0 saturated heterocycles. The van der Waals surface area contributed by atoms with E-state index in [0.717, 1.165) is 29.7 Å². The molecule has 3 aromatic rings. The van der Waals surface area contributed by atoms with Crippen LogP contribution in [0.5, 0.6) is 11.5 Å². The minimum Gasteiger partial charge on any atom is -0.503 e. The molecule has 2 heterocycles. The van der Waals surface area contributed by atoms with Gasteiger partial charge < -0.3 is 19.3 Å². The Bertz CT molecular complexity index is 1560. The van der Waals surface area contributed by atoms with Crippen molar-refractivity contribution in [1.82, 2.24) is 4.98 Å². The molecule has 9 nitrogen and oxygen atoms in total. The molecule has 1 amide bonds. The molecule has 10 heteroatoms. The second-order valence-corrected chi connectivity index (χ2v) is 10.6. The van der Waals surface area contributed by atoms with Crippen molar-refractivity contribution in [3.05, 3.63) is 100 Å². The lowest BCUT2D eigenvalue weighted by Gasteiger charge is -2.25. The fraction of sp³-hybridized carbons (Fsp3) is 0.273. The molecule has 1 aliphatic heterocycles. The van der Waals surface area contributed by atoms with E-state index in [-0.39, 0.29) is 22.2 Å². The number of amides is 1. The maximum atomic E-state index is 13.6. The van der Waals surface area contributed by atoms with Gasteiger partial charge in [-0.25, -0.2) is 9.78 Å². The maximum Gasteiger partial charge on any atom is 0.350 e. The van der Waals surface area contributed by atoms with E-state index in [4.69, 9.17) is 14.2 Å². The maximum absolute atomic E-state index is 13.6. The van der Waals surface area contributed by atoms with Gasteiger partial charge in [0, 0.05) is 0 Å². The van der Waals surface area contributed by atoms with E-state index >= 15 is 0 Å². The van der Waals surface area contributed by atoms with Gasteiger partial charge in [0.25, 0.3) is 5.91 Å². The van der Waals surface area contributed by atoms with Crippen LogP contribution in [0.2, 0.25) is 0 Å². The standard InChI is InChI=1S/C33H34N2O7S/c1-5-8-19-41-25-17-15-23(20-26(25)40-7-3)28-27(24(36)16-14-22-12-10-9-11-13-22)29(37)31(38)35(28)33-34-21(4)30(43-33)32(39)42-18-6-2/h6,9-17,20,28,37H,2,5,7-8,18-19H2,1,3-4H3/b16-14+. The fourth-order valence-corrected chi connectivity index (χ4v) is 5.47. The van der Waals surface area contributed by atoms with Crippen molar-refractivity contribution in [2.75, 3.05) is 24.7 Å². The number of aromatic nitrogens is 1. The summed E-state index contributed by atoms with van der Waals surface area (Å²) >= 11 is 0.937. The van der Waals surface area contributed by atoms with Gasteiger partial charge in [0.1, 0.15) is 11.5 Å². The zero-order valence-corrected chi connectivity index (χ0v) is 25.2. The zero-order chi connectivity index (χ0) is 30.9. The number of carbonyl (C=O) groups is 3. The molecule has 4 rings (SSSR count). The fourth-order valence-electron chi connectivity index (χ4n) is 4.48. The van der Waals surface area contributed by atoms with Crippen LogP contribution < -0.4 is 14.4 Å². The molecule has 2 aromatic carbocycles. The number of thiazole rings is 1. The third-order valence-corrected chi connectivity index (χ3v) is 7.68. The van der Waals surface area contributed by atoms with E-state index in [9.17, 15) is 19.5 Å². The van der Waals surface area contributed by atoms with Crippen LogP contribution in [0.25, 0.3) is 6.08 Å². The van der Waals surface area contributed by atoms with Gasteiger partial charge in [-0.05, 0) is 49.6 Å². The second-order valence-electron chi connectivity index (χ2n) is 9.59. The van der Waals surface area contributed by atoms with Gasteiger partial charge in [0.15, 0.2) is 28.2 Å². The van der Waals surface area contributed by atoms with Gasteiger partial charge in [0.2, 0.25) is 0 Å². The van der Waals surface area contributed by atoms with Gasteiger partial charge in [-0.2, -0.15) is 0 Å². The predicted octanol–water partition coefficient (Wildman–Crippen LogP) is 6.55. The molecule has 224 valence electrons. The van der Waals surface area contributed by atoms with Crippen LogP contribution in [0.3, 0.4) is 0 Å². The molecule has 0 fully saturated rings. The number of nitrogens with zero attached hydrogens (tertiary/aromatic N) is 2. The van der Waals surface area contributed by atoms with Crippen LogP contribution >= 0.6 is 11.3 Å². The number of anilines is 1. The highest BCUT2D eigenvalue weighted by Gasteiger charge is 2.45. The Morgan fingerprint density at radius 2 is 1.88 bits per heavy atom. The number of allylic oxidation sites excluding steroid dienone is 1. The van der Waals surface area contributed by atoms with Gasteiger partial charge in [-0.3, -0.25) is 14.5 Å². The van der Waals surface area contributed by atoms with E-state index < -0.39 is 29.5 Å². The van der Waals surface area contributed by atoms with Crippen molar-refractivity contribution in [1.29, 1.82) is 0 Å². The number of hydrogen-bond acceptors (Lipinski definition) is 9. The molecular formula is C33H34N2O7S. The number of unbranched alkanes of at least 4 members (excludes halogenated alkanes) is 1. The molecular weight excluding hydrogens is 568 g/mol. The van der Waals surface area contributed by atoms with E-state index in [0.29, 0.717) is 36.0 Å². The lowest BCUT2D eigenvalue weighted by atomic mass is 9.95. The normalized spacial score (nSPS) is 14.8. The average Bonchev–Trinajstić information content (AvgIpc) is 3.52. The van der Waals surface area contributed by atoms with Crippen molar-refractivity contribution < 1.29 is 33.7 Å². The van der Waals surface area contributed by atoms with E-state index in [2.05, 4.69) is 18.5 Å². The second kappa shape index (κ2) is 14.5. The summed E-state index contributed by atoms with van der Waals surface area (Å²) in [5, 5.41) is 11.2. The molecule has 0 spiro atoms. The molecule has 1 aromatic heterocycles.